The van der Waals surface area contributed by atoms with E-state index >= 15 is 0 Å². The number of hydrogen-bond donors (Lipinski definition) is 0. The average Bonchev–Trinajstić information content (AvgIpc) is 2.96. The lowest BCUT2D eigenvalue weighted by Crippen LogP contribution is -2.01. The van der Waals surface area contributed by atoms with Gasteiger partial charge < -0.3 is 4.57 Å². The van der Waals surface area contributed by atoms with Crippen molar-refractivity contribution in [1.82, 2.24) is 4.57 Å². The van der Waals surface area contributed by atoms with Gasteiger partial charge >= 0.3 is 0 Å². The number of para-hydroxylation sites is 1. The molecule has 0 fully saturated rings. The van der Waals surface area contributed by atoms with E-state index in [2.05, 4.69) is 77.4 Å². The summed E-state index contributed by atoms with van der Waals surface area (Å²) in [7, 11) is 0. The van der Waals surface area contributed by atoms with E-state index in [-0.39, 0.29) is 0 Å². The lowest BCUT2D eigenvalue weighted by molar-refractivity contribution is 0.845. The first kappa shape index (κ1) is 14.1. The SMILES string of the molecule is Clc1ccc(Cn2c(-c3ccccc3)cc3ccccc32)cc1. The van der Waals surface area contributed by atoms with Gasteiger partial charge in [0, 0.05) is 28.2 Å². The van der Waals surface area contributed by atoms with Crippen molar-refractivity contribution in [2.75, 3.05) is 0 Å². The van der Waals surface area contributed by atoms with Crippen LogP contribution >= 0.6 is 11.6 Å². The first-order valence-corrected chi connectivity index (χ1v) is 8.07. The van der Waals surface area contributed by atoms with Crippen LogP contribution < -0.4 is 0 Å². The van der Waals surface area contributed by atoms with Gasteiger partial charge in [0.15, 0.2) is 0 Å². The zero-order chi connectivity index (χ0) is 15.6. The van der Waals surface area contributed by atoms with Gasteiger partial charge in [-0.3, -0.25) is 0 Å². The van der Waals surface area contributed by atoms with E-state index in [1.807, 2.05) is 12.1 Å². The molecule has 1 aromatic heterocycles. The minimum atomic E-state index is 0.773. The van der Waals surface area contributed by atoms with Crippen LogP contribution in [0.25, 0.3) is 22.2 Å². The molecular weight excluding hydrogens is 302 g/mol. The maximum Gasteiger partial charge on any atom is 0.0494 e. The van der Waals surface area contributed by atoms with Crippen molar-refractivity contribution >= 4 is 22.5 Å². The van der Waals surface area contributed by atoms with E-state index in [9.17, 15) is 0 Å². The monoisotopic (exact) mass is 317 g/mol. The molecule has 0 bridgehead atoms. The van der Waals surface area contributed by atoms with Gasteiger partial charge in [0.05, 0.1) is 0 Å². The molecule has 0 aliphatic carbocycles. The molecule has 4 rings (SSSR count). The molecular formula is C21H16ClN. The lowest BCUT2D eigenvalue weighted by Gasteiger charge is -2.11. The molecule has 0 radical (unpaired) electrons. The molecule has 112 valence electrons. The van der Waals surface area contributed by atoms with Crippen molar-refractivity contribution in [2.24, 2.45) is 0 Å². The molecule has 1 heterocycles. The van der Waals surface area contributed by atoms with Crippen LogP contribution in [0.5, 0.6) is 0 Å². The van der Waals surface area contributed by atoms with Gasteiger partial charge in [-0.1, -0.05) is 72.3 Å². The number of nitrogens with zero attached hydrogens (tertiary/aromatic N) is 1. The average molecular weight is 318 g/mol. The van der Waals surface area contributed by atoms with Crippen LogP contribution in [0.3, 0.4) is 0 Å². The van der Waals surface area contributed by atoms with E-state index < -0.39 is 0 Å². The highest BCUT2D eigenvalue weighted by molar-refractivity contribution is 6.30. The van der Waals surface area contributed by atoms with Crippen molar-refractivity contribution in [3.8, 4) is 11.3 Å². The normalized spacial score (nSPS) is 11.0. The highest BCUT2D eigenvalue weighted by atomic mass is 35.5. The number of rotatable bonds is 3. The third-order valence-corrected chi connectivity index (χ3v) is 4.39. The molecule has 0 amide bonds. The Morgan fingerprint density at radius 1 is 0.739 bits per heavy atom. The summed E-state index contributed by atoms with van der Waals surface area (Å²) in [6.07, 6.45) is 0. The van der Waals surface area contributed by atoms with Crippen LogP contribution in [0.1, 0.15) is 5.56 Å². The summed E-state index contributed by atoms with van der Waals surface area (Å²) in [6, 6.07) is 29.4. The Morgan fingerprint density at radius 2 is 1.43 bits per heavy atom. The number of hydrogen-bond acceptors (Lipinski definition) is 0. The Hall–Kier alpha value is -2.51. The molecule has 0 unspecified atom stereocenters. The van der Waals surface area contributed by atoms with Gasteiger partial charge in [0.2, 0.25) is 0 Å². The van der Waals surface area contributed by atoms with Crippen molar-refractivity contribution in [3.63, 3.8) is 0 Å². The maximum absolute atomic E-state index is 6.01. The molecule has 0 saturated carbocycles. The van der Waals surface area contributed by atoms with E-state index in [1.165, 1.54) is 27.7 Å². The van der Waals surface area contributed by atoms with Gasteiger partial charge in [-0.25, -0.2) is 0 Å². The summed E-state index contributed by atoms with van der Waals surface area (Å²) in [5, 5.41) is 2.04. The van der Waals surface area contributed by atoms with Crippen molar-refractivity contribution in [3.05, 3.63) is 95.5 Å². The predicted octanol–water partition coefficient (Wildman–Crippen LogP) is 6.01. The molecule has 1 nitrogen and oxygen atoms in total. The molecule has 23 heavy (non-hydrogen) atoms. The summed E-state index contributed by atoms with van der Waals surface area (Å²) in [5.41, 5.74) is 4.97. The topological polar surface area (TPSA) is 4.93 Å². The van der Waals surface area contributed by atoms with Crippen molar-refractivity contribution < 1.29 is 0 Å². The third kappa shape index (κ3) is 2.76. The standard InChI is InChI=1S/C21H16ClN/c22-19-12-10-16(11-13-19)15-23-20-9-5-4-8-18(20)14-21(23)17-6-2-1-3-7-17/h1-14H,15H2. The van der Waals surface area contributed by atoms with Crippen LogP contribution in [0.2, 0.25) is 5.02 Å². The molecule has 4 aromatic rings. The largest absolute Gasteiger partial charge is 0.336 e. The summed E-state index contributed by atoms with van der Waals surface area (Å²) < 4.78 is 2.37. The maximum atomic E-state index is 6.01. The Balaban J connectivity index is 1.87. The van der Waals surface area contributed by atoms with Crippen molar-refractivity contribution in [2.45, 2.75) is 6.54 Å². The third-order valence-electron chi connectivity index (χ3n) is 4.13. The zero-order valence-electron chi connectivity index (χ0n) is 12.6. The van der Waals surface area contributed by atoms with E-state index in [1.54, 1.807) is 0 Å². The number of aromatic nitrogens is 1. The van der Waals surface area contributed by atoms with Gasteiger partial charge in [-0.2, -0.15) is 0 Å². The molecule has 0 saturated heterocycles. The van der Waals surface area contributed by atoms with Crippen LogP contribution in [0.15, 0.2) is 84.9 Å². The minimum Gasteiger partial charge on any atom is -0.336 e. The van der Waals surface area contributed by atoms with Crippen LogP contribution in [0.4, 0.5) is 0 Å². The van der Waals surface area contributed by atoms with E-state index in [0.717, 1.165) is 11.6 Å². The Bertz CT molecular complexity index is 937. The first-order valence-electron chi connectivity index (χ1n) is 7.69. The minimum absolute atomic E-state index is 0.773. The zero-order valence-corrected chi connectivity index (χ0v) is 13.4. The van der Waals surface area contributed by atoms with E-state index in [4.69, 9.17) is 11.6 Å². The Morgan fingerprint density at radius 3 is 2.22 bits per heavy atom. The predicted molar refractivity (Wildman–Crippen MR) is 97.9 cm³/mol. The second-order valence-corrected chi connectivity index (χ2v) is 6.10. The molecule has 3 aromatic carbocycles. The Kier molecular flexibility index (Phi) is 3.64. The van der Waals surface area contributed by atoms with Crippen LogP contribution in [-0.4, -0.2) is 4.57 Å². The van der Waals surface area contributed by atoms with Gasteiger partial charge in [0.25, 0.3) is 0 Å². The van der Waals surface area contributed by atoms with E-state index in [0.29, 0.717) is 0 Å². The molecule has 0 atom stereocenters. The first-order chi connectivity index (χ1) is 11.3. The molecule has 0 aliphatic heterocycles. The fraction of sp³-hybridized carbons (Fsp3) is 0.0476. The van der Waals surface area contributed by atoms with Gasteiger partial charge in [0.1, 0.15) is 0 Å². The highest BCUT2D eigenvalue weighted by Gasteiger charge is 2.10. The molecule has 2 heteroatoms. The molecule has 0 N–H and O–H groups in total. The highest BCUT2D eigenvalue weighted by Crippen LogP contribution is 2.29. The lowest BCUT2D eigenvalue weighted by atomic mass is 10.1. The Labute approximate surface area is 140 Å². The number of fused-ring (bicyclic) bond motifs is 1. The second-order valence-electron chi connectivity index (χ2n) is 5.67. The molecule has 0 spiro atoms. The number of benzene rings is 3. The van der Waals surface area contributed by atoms with Crippen LogP contribution in [-0.2, 0) is 6.54 Å². The smallest absolute Gasteiger partial charge is 0.0494 e. The quantitative estimate of drug-likeness (QED) is 0.436. The fourth-order valence-electron chi connectivity index (χ4n) is 3.00. The van der Waals surface area contributed by atoms with Crippen molar-refractivity contribution in [1.29, 1.82) is 0 Å². The summed E-state index contributed by atoms with van der Waals surface area (Å²) >= 11 is 6.01. The van der Waals surface area contributed by atoms with Gasteiger partial charge in [-0.05, 0) is 35.4 Å². The molecule has 0 aliphatic rings. The number of halogens is 1. The summed E-state index contributed by atoms with van der Waals surface area (Å²) in [6.45, 7) is 0.828. The summed E-state index contributed by atoms with van der Waals surface area (Å²) in [4.78, 5) is 0. The summed E-state index contributed by atoms with van der Waals surface area (Å²) in [5.74, 6) is 0. The fourth-order valence-corrected chi connectivity index (χ4v) is 3.13. The second kappa shape index (κ2) is 5.94. The van der Waals surface area contributed by atoms with Gasteiger partial charge in [-0.15, -0.1) is 0 Å². The van der Waals surface area contributed by atoms with Crippen LogP contribution in [0, 0.1) is 0 Å².